The lowest BCUT2D eigenvalue weighted by Gasteiger charge is -2.34. The lowest BCUT2D eigenvalue weighted by atomic mass is 9.99. The third-order valence-electron chi connectivity index (χ3n) is 6.42. The molecule has 2 aliphatic heterocycles. The van der Waals surface area contributed by atoms with Crippen LogP contribution in [-0.2, 0) is 22.6 Å². The zero-order valence-electron chi connectivity index (χ0n) is 19.8. The average Bonchev–Trinajstić information content (AvgIpc) is 2.79. The van der Waals surface area contributed by atoms with Crippen molar-refractivity contribution in [2.75, 3.05) is 53.6 Å². The number of piperidine rings is 2. The van der Waals surface area contributed by atoms with Crippen LogP contribution in [0.2, 0.25) is 0 Å². The van der Waals surface area contributed by atoms with Crippen molar-refractivity contribution in [3.05, 3.63) is 35.4 Å². The maximum atomic E-state index is 5.98. The minimum Gasteiger partial charge on any atom is -0.385 e. The van der Waals surface area contributed by atoms with Crippen molar-refractivity contribution in [1.82, 2.24) is 15.1 Å². The Morgan fingerprint density at radius 3 is 2.48 bits per heavy atom. The number of aliphatic imine (C=N–C) groups is 1. The molecule has 1 aromatic carbocycles. The van der Waals surface area contributed by atoms with E-state index in [2.05, 4.69) is 51.3 Å². The van der Waals surface area contributed by atoms with Crippen LogP contribution in [-0.4, -0.2) is 75.4 Å². The third-order valence-corrected chi connectivity index (χ3v) is 6.42. The summed E-state index contributed by atoms with van der Waals surface area (Å²) in [7, 11) is 3.61. The molecule has 3 rings (SSSR count). The first-order valence-corrected chi connectivity index (χ1v) is 12.0. The van der Waals surface area contributed by atoms with Crippen LogP contribution < -0.4 is 5.32 Å². The summed E-state index contributed by atoms with van der Waals surface area (Å²) in [5.41, 5.74) is 2.71. The molecule has 1 aromatic rings. The van der Waals surface area contributed by atoms with Gasteiger partial charge in [-0.05, 0) is 55.7 Å². The highest BCUT2D eigenvalue weighted by atomic mass is 16.5. The molecule has 2 heterocycles. The van der Waals surface area contributed by atoms with E-state index in [-0.39, 0.29) is 0 Å². The Kier molecular flexibility index (Phi) is 10.1. The van der Waals surface area contributed by atoms with Crippen molar-refractivity contribution >= 4 is 5.96 Å². The molecule has 6 heteroatoms. The predicted molar refractivity (Wildman–Crippen MR) is 127 cm³/mol. The summed E-state index contributed by atoms with van der Waals surface area (Å²) in [6.07, 6.45) is 6.15. The molecule has 174 valence electrons. The van der Waals surface area contributed by atoms with E-state index in [0.29, 0.717) is 6.10 Å². The summed E-state index contributed by atoms with van der Waals surface area (Å²) in [6.45, 7) is 10.2. The Hall–Kier alpha value is -1.63. The second kappa shape index (κ2) is 13.0. The first-order valence-electron chi connectivity index (χ1n) is 12.0. The first kappa shape index (κ1) is 24.0. The highest BCUT2D eigenvalue weighted by molar-refractivity contribution is 5.79. The number of guanidine groups is 1. The number of benzene rings is 1. The molecule has 0 spiro atoms. The molecule has 2 saturated heterocycles. The van der Waals surface area contributed by atoms with Gasteiger partial charge in [-0.1, -0.05) is 31.2 Å². The molecule has 2 fully saturated rings. The lowest BCUT2D eigenvalue weighted by Crippen LogP contribution is -2.46. The van der Waals surface area contributed by atoms with Crippen LogP contribution in [0.1, 0.15) is 50.2 Å². The summed E-state index contributed by atoms with van der Waals surface area (Å²) in [5.74, 6) is 1.82. The largest absolute Gasteiger partial charge is 0.385 e. The number of nitrogens with zero attached hydrogens (tertiary/aromatic N) is 3. The van der Waals surface area contributed by atoms with Gasteiger partial charge in [-0.2, -0.15) is 0 Å². The maximum Gasteiger partial charge on any atom is 0.193 e. The third kappa shape index (κ3) is 8.09. The van der Waals surface area contributed by atoms with Crippen LogP contribution in [0.5, 0.6) is 0 Å². The number of methoxy groups -OCH3 is 1. The van der Waals surface area contributed by atoms with Gasteiger partial charge in [-0.3, -0.25) is 9.89 Å². The minimum atomic E-state index is 0.363. The van der Waals surface area contributed by atoms with Gasteiger partial charge in [0.2, 0.25) is 0 Å². The van der Waals surface area contributed by atoms with Gasteiger partial charge in [0, 0.05) is 60.1 Å². The van der Waals surface area contributed by atoms with Crippen LogP contribution >= 0.6 is 0 Å². The zero-order chi connectivity index (χ0) is 21.9. The zero-order valence-corrected chi connectivity index (χ0v) is 19.8. The fourth-order valence-corrected chi connectivity index (χ4v) is 4.65. The standard InChI is InChI=1S/C25H42N4O2/c1-21-6-4-13-28(19-21)20-23-9-7-22(8-10-23)18-27-25(26-2)29-14-11-24(12-15-29)31-17-5-16-30-3/h7-10,21,24H,4-6,11-20H2,1-3H3,(H,26,27). The van der Waals surface area contributed by atoms with Gasteiger partial charge in [0.25, 0.3) is 0 Å². The number of hydrogen-bond donors (Lipinski definition) is 1. The van der Waals surface area contributed by atoms with Crippen LogP contribution in [0.15, 0.2) is 29.3 Å². The van der Waals surface area contributed by atoms with E-state index in [1.54, 1.807) is 7.11 Å². The number of nitrogens with one attached hydrogen (secondary N) is 1. The first-order chi connectivity index (χ1) is 15.2. The minimum absolute atomic E-state index is 0.363. The summed E-state index contributed by atoms with van der Waals surface area (Å²) in [4.78, 5) is 9.45. The Morgan fingerprint density at radius 1 is 1.06 bits per heavy atom. The van der Waals surface area contributed by atoms with E-state index >= 15 is 0 Å². The predicted octanol–water partition coefficient (Wildman–Crippen LogP) is 3.51. The van der Waals surface area contributed by atoms with Gasteiger partial charge in [0.1, 0.15) is 0 Å². The van der Waals surface area contributed by atoms with E-state index in [0.717, 1.165) is 70.5 Å². The van der Waals surface area contributed by atoms with Crippen LogP contribution in [0.4, 0.5) is 0 Å². The normalized spacial score (nSPS) is 21.5. The monoisotopic (exact) mass is 430 g/mol. The highest BCUT2D eigenvalue weighted by Crippen LogP contribution is 2.18. The average molecular weight is 431 g/mol. The second-order valence-electron chi connectivity index (χ2n) is 9.10. The molecule has 6 nitrogen and oxygen atoms in total. The topological polar surface area (TPSA) is 49.3 Å². The van der Waals surface area contributed by atoms with Gasteiger partial charge in [0.05, 0.1) is 6.10 Å². The molecule has 0 saturated carbocycles. The lowest BCUT2D eigenvalue weighted by molar-refractivity contribution is 0.00989. The van der Waals surface area contributed by atoms with Crippen molar-refractivity contribution in [3.63, 3.8) is 0 Å². The summed E-state index contributed by atoms with van der Waals surface area (Å²) in [5, 5.41) is 3.54. The fourth-order valence-electron chi connectivity index (χ4n) is 4.65. The summed E-state index contributed by atoms with van der Waals surface area (Å²) < 4.78 is 11.1. The molecular weight excluding hydrogens is 388 g/mol. The molecule has 1 N–H and O–H groups in total. The van der Waals surface area contributed by atoms with Crippen LogP contribution in [0.3, 0.4) is 0 Å². The molecule has 2 aliphatic rings. The summed E-state index contributed by atoms with van der Waals surface area (Å²) >= 11 is 0. The SMILES string of the molecule is CN=C(NCc1ccc(CN2CCCC(C)C2)cc1)N1CCC(OCCCOC)CC1. The number of ether oxygens (including phenoxy) is 2. The molecule has 0 aliphatic carbocycles. The van der Waals surface area contributed by atoms with Gasteiger partial charge < -0.3 is 19.7 Å². The molecule has 0 radical (unpaired) electrons. The second-order valence-corrected chi connectivity index (χ2v) is 9.10. The molecule has 31 heavy (non-hydrogen) atoms. The highest BCUT2D eigenvalue weighted by Gasteiger charge is 2.22. The summed E-state index contributed by atoms with van der Waals surface area (Å²) in [6, 6.07) is 9.07. The van der Waals surface area contributed by atoms with Gasteiger partial charge >= 0.3 is 0 Å². The van der Waals surface area contributed by atoms with Gasteiger partial charge in [-0.15, -0.1) is 0 Å². The van der Waals surface area contributed by atoms with Crippen molar-refractivity contribution in [1.29, 1.82) is 0 Å². The van der Waals surface area contributed by atoms with Gasteiger partial charge in [0.15, 0.2) is 5.96 Å². The fraction of sp³-hybridized carbons (Fsp3) is 0.720. The van der Waals surface area contributed by atoms with E-state index in [1.807, 2.05) is 7.05 Å². The Bertz CT molecular complexity index is 656. The maximum absolute atomic E-state index is 5.98. The van der Waals surface area contributed by atoms with Crippen molar-refractivity contribution in [2.24, 2.45) is 10.9 Å². The molecule has 1 unspecified atom stereocenters. The Labute approximate surface area is 189 Å². The molecular formula is C25H42N4O2. The quantitative estimate of drug-likeness (QED) is 0.369. The molecule has 1 atom stereocenters. The molecule has 0 aromatic heterocycles. The van der Waals surface area contributed by atoms with E-state index < -0.39 is 0 Å². The van der Waals surface area contributed by atoms with Crippen molar-refractivity contribution < 1.29 is 9.47 Å². The van der Waals surface area contributed by atoms with E-state index in [9.17, 15) is 0 Å². The van der Waals surface area contributed by atoms with E-state index in [4.69, 9.17) is 9.47 Å². The number of hydrogen-bond acceptors (Lipinski definition) is 4. The van der Waals surface area contributed by atoms with E-state index in [1.165, 1.54) is 37.1 Å². The van der Waals surface area contributed by atoms with Crippen molar-refractivity contribution in [2.45, 2.75) is 58.2 Å². The molecule has 0 bridgehead atoms. The Balaban J connectivity index is 1.38. The van der Waals surface area contributed by atoms with Crippen LogP contribution in [0.25, 0.3) is 0 Å². The number of rotatable bonds is 9. The number of likely N-dealkylation sites (tertiary alicyclic amines) is 2. The Morgan fingerprint density at radius 2 is 1.81 bits per heavy atom. The molecule has 0 amide bonds. The van der Waals surface area contributed by atoms with Gasteiger partial charge in [-0.25, -0.2) is 0 Å². The smallest absolute Gasteiger partial charge is 0.193 e. The van der Waals surface area contributed by atoms with Crippen LogP contribution in [0, 0.1) is 5.92 Å². The van der Waals surface area contributed by atoms with Crippen molar-refractivity contribution in [3.8, 4) is 0 Å².